The molecule has 0 fully saturated rings. The fourth-order valence-electron chi connectivity index (χ4n) is 2.75. The predicted molar refractivity (Wildman–Crippen MR) is 110 cm³/mol. The smallest absolute Gasteiger partial charge is 0.311 e. The average Bonchev–Trinajstić information content (AvgIpc) is 2.67. The molecule has 150 valence electrons. The molecule has 0 aliphatic carbocycles. The van der Waals surface area contributed by atoms with Gasteiger partial charge in [0.2, 0.25) is 0 Å². The Bertz CT molecular complexity index is 673. The SMILES string of the molecule is Cc1ccc(OC(=O)CCCCCCCCC(=O)Oc2ccc(N)cc2)cc1. The topological polar surface area (TPSA) is 78.6 Å². The number of anilines is 1. The van der Waals surface area contributed by atoms with Crippen LogP contribution in [0, 0.1) is 6.92 Å². The Kier molecular flexibility index (Phi) is 9.05. The number of benzene rings is 2. The van der Waals surface area contributed by atoms with Gasteiger partial charge in [-0.1, -0.05) is 43.4 Å². The highest BCUT2D eigenvalue weighted by atomic mass is 16.5. The summed E-state index contributed by atoms with van der Waals surface area (Å²) in [5.41, 5.74) is 7.37. The van der Waals surface area contributed by atoms with Crippen molar-refractivity contribution in [3.05, 3.63) is 54.1 Å². The van der Waals surface area contributed by atoms with E-state index >= 15 is 0 Å². The summed E-state index contributed by atoms with van der Waals surface area (Å²) >= 11 is 0. The lowest BCUT2D eigenvalue weighted by Crippen LogP contribution is -2.07. The molecule has 0 saturated carbocycles. The van der Waals surface area contributed by atoms with Gasteiger partial charge in [-0.25, -0.2) is 0 Å². The molecule has 5 heteroatoms. The molecule has 0 heterocycles. The van der Waals surface area contributed by atoms with Crippen molar-refractivity contribution < 1.29 is 19.1 Å². The zero-order valence-electron chi connectivity index (χ0n) is 16.5. The summed E-state index contributed by atoms with van der Waals surface area (Å²) in [5, 5.41) is 0. The minimum atomic E-state index is -0.219. The van der Waals surface area contributed by atoms with Gasteiger partial charge >= 0.3 is 11.9 Å². The molecule has 0 aliphatic rings. The maximum absolute atomic E-state index is 11.8. The van der Waals surface area contributed by atoms with Gasteiger partial charge in [0.15, 0.2) is 0 Å². The van der Waals surface area contributed by atoms with E-state index in [-0.39, 0.29) is 11.9 Å². The molecule has 0 saturated heterocycles. The number of nitrogen functional groups attached to an aromatic ring is 1. The fraction of sp³-hybridized carbons (Fsp3) is 0.391. The second-order valence-electron chi connectivity index (χ2n) is 6.95. The van der Waals surface area contributed by atoms with Crippen LogP contribution in [0.1, 0.15) is 56.9 Å². The van der Waals surface area contributed by atoms with Crippen molar-refractivity contribution in [2.45, 2.75) is 58.3 Å². The van der Waals surface area contributed by atoms with Gasteiger partial charge in [0, 0.05) is 18.5 Å². The van der Waals surface area contributed by atoms with Crippen molar-refractivity contribution in [1.29, 1.82) is 0 Å². The van der Waals surface area contributed by atoms with Crippen LogP contribution >= 0.6 is 0 Å². The van der Waals surface area contributed by atoms with Gasteiger partial charge < -0.3 is 15.2 Å². The Morgan fingerprint density at radius 1 is 0.679 bits per heavy atom. The minimum Gasteiger partial charge on any atom is -0.427 e. The molecular formula is C23H29NO4. The quantitative estimate of drug-likeness (QED) is 0.249. The molecule has 0 aromatic heterocycles. The lowest BCUT2D eigenvalue weighted by atomic mass is 10.1. The van der Waals surface area contributed by atoms with E-state index < -0.39 is 0 Å². The monoisotopic (exact) mass is 383 g/mol. The van der Waals surface area contributed by atoms with Gasteiger partial charge in [-0.3, -0.25) is 9.59 Å². The van der Waals surface area contributed by atoms with Gasteiger partial charge in [-0.2, -0.15) is 0 Å². The van der Waals surface area contributed by atoms with Crippen molar-refractivity contribution in [2.75, 3.05) is 5.73 Å². The Balaban J connectivity index is 1.45. The Labute approximate surface area is 166 Å². The molecule has 2 aromatic carbocycles. The largest absolute Gasteiger partial charge is 0.427 e. The molecule has 0 aliphatic heterocycles. The number of carbonyl (C=O) groups excluding carboxylic acids is 2. The van der Waals surface area contributed by atoms with Crippen molar-refractivity contribution in [1.82, 2.24) is 0 Å². The zero-order chi connectivity index (χ0) is 20.2. The van der Waals surface area contributed by atoms with Gasteiger partial charge in [0.25, 0.3) is 0 Å². The van der Waals surface area contributed by atoms with Crippen LogP contribution < -0.4 is 15.2 Å². The van der Waals surface area contributed by atoms with Crippen LogP contribution in [0.25, 0.3) is 0 Å². The molecule has 28 heavy (non-hydrogen) atoms. The normalized spacial score (nSPS) is 10.5. The number of aryl methyl sites for hydroxylation is 1. The first-order valence-electron chi connectivity index (χ1n) is 9.86. The Morgan fingerprint density at radius 3 is 1.54 bits per heavy atom. The molecule has 0 bridgehead atoms. The third-order valence-corrected chi connectivity index (χ3v) is 4.38. The van der Waals surface area contributed by atoms with Gasteiger partial charge in [0.1, 0.15) is 11.5 Å². The lowest BCUT2D eigenvalue weighted by molar-refractivity contribution is -0.135. The second-order valence-corrected chi connectivity index (χ2v) is 6.95. The number of carbonyl (C=O) groups is 2. The van der Waals surface area contributed by atoms with E-state index in [4.69, 9.17) is 15.2 Å². The van der Waals surface area contributed by atoms with Crippen molar-refractivity contribution in [3.8, 4) is 11.5 Å². The van der Waals surface area contributed by atoms with E-state index in [0.29, 0.717) is 30.0 Å². The minimum absolute atomic E-state index is 0.186. The van der Waals surface area contributed by atoms with Crippen LogP contribution in [0.5, 0.6) is 11.5 Å². The second kappa shape index (κ2) is 11.8. The summed E-state index contributed by atoms with van der Waals surface area (Å²) < 4.78 is 10.5. The number of nitrogens with two attached hydrogens (primary N) is 1. The molecule has 0 atom stereocenters. The van der Waals surface area contributed by atoms with Crippen LogP contribution in [0.3, 0.4) is 0 Å². The van der Waals surface area contributed by atoms with Gasteiger partial charge in [0.05, 0.1) is 0 Å². The molecular weight excluding hydrogens is 354 g/mol. The van der Waals surface area contributed by atoms with Crippen molar-refractivity contribution in [3.63, 3.8) is 0 Å². The van der Waals surface area contributed by atoms with E-state index in [1.54, 1.807) is 24.3 Å². The number of hydrogen-bond donors (Lipinski definition) is 1. The number of hydrogen-bond acceptors (Lipinski definition) is 5. The van der Waals surface area contributed by atoms with Crippen LogP contribution in [-0.4, -0.2) is 11.9 Å². The zero-order valence-corrected chi connectivity index (χ0v) is 16.5. The van der Waals surface area contributed by atoms with Crippen LogP contribution in [0.4, 0.5) is 5.69 Å². The van der Waals surface area contributed by atoms with Crippen molar-refractivity contribution >= 4 is 17.6 Å². The number of rotatable bonds is 11. The maximum atomic E-state index is 11.8. The predicted octanol–water partition coefficient (Wildman–Crippen LogP) is 5.21. The highest BCUT2D eigenvalue weighted by molar-refractivity contribution is 5.72. The highest BCUT2D eigenvalue weighted by Crippen LogP contribution is 2.16. The molecule has 0 unspecified atom stereocenters. The molecule has 5 nitrogen and oxygen atoms in total. The van der Waals surface area contributed by atoms with E-state index in [9.17, 15) is 9.59 Å². The fourth-order valence-corrected chi connectivity index (χ4v) is 2.75. The summed E-state index contributed by atoms with van der Waals surface area (Å²) in [6.07, 6.45) is 6.53. The molecule has 0 amide bonds. The maximum Gasteiger partial charge on any atom is 0.311 e. The summed E-state index contributed by atoms with van der Waals surface area (Å²) in [6.45, 7) is 1.99. The summed E-state index contributed by atoms with van der Waals surface area (Å²) in [6, 6.07) is 14.3. The third-order valence-electron chi connectivity index (χ3n) is 4.38. The molecule has 0 spiro atoms. The number of esters is 2. The Morgan fingerprint density at radius 2 is 1.07 bits per heavy atom. The van der Waals surface area contributed by atoms with Crippen molar-refractivity contribution in [2.24, 2.45) is 0 Å². The average molecular weight is 383 g/mol. The third kappa shape index (κ3) is 8.71. The number of ether oxygens (including phenoxy) is 2. The van der Waals surface area contributed by atoms with E-state index in [1.165, 1.54) is 0 Å². The Hall–Kier alpha value is -2.82. The highest BCUT2D eigenvalue weighted by Gasteiger charge is 2.06. The van der Waals surface area contributed by atoms with Gasteiger partial charge in [-0.15, -0.1) is 0 Å². The van der Waals surface area contributed by atoms with Crippen LogP contribution in [-0.2, 0) is 9.59 Å². The van der Waals surface area contributed by atoms with E-state index in [2.05, 4.69) is 0 Å². The first kappa shape index (κ1) is 21.5. The van der Waals surface area contributed by atoms with Gasteiger partial charge in [-0.05, 0) is 56.2 Å². The molecule has 2 N–H and O–H groups in total. The standard InChI is InChI=1S/C23H29NO4/c1-18-10-14-20(15-11-18)27-22(25)8-6-4-2-3-5-7-9-23(26)28-21-16-12-19(24)13-17-21/h10-17H,2-9,24H2,1H3. The first-order chi connectivity index (χ1) is 13.5. The summed E-state index contributed by atoms with van der Waals surface area (Å²) in [5.74, 6) is 0.719. The lowest BCUT2D eigenvalue weighted by Gasteiger charge is -2.05. The van der Waals surface area contributed by atoms with Crippen LogP contribution in [0.2, 0.25) is 0 Å². The number of unbranched alkanes of at least 4 members (excludes halogenated alkanes) is 5. The first-order valence-corrected chi connectivity index (χ1v) is 9.86. The summed E-state index contributed by atoms with van der Waals surface area (Å²) in [4.78, 5) is 23.6. The van der Waals surface area contributed by atoms with E-state index in [0.717, 1.165) is 44.1 Å². The summed E-state index contributed by atoms with van der Waals surface area (Å²) in [7, 11) is 0. The van der Waals surface area contributed by atoms with E-state index in [1.807, 2.05) is 31.2 Å². The molecule has 2 rings (SSSR count). The van der Waals surface area contributed by atoms with Crippen LogP contribution in [0.15, 0.2) is 48.5 Å². The molecule has 2 aromatic rings. The molecule has 0 radical (unpaired) electrons.